The van der Waals surface area contributed by atoms with Gasteiger partial charge < -0.3 is 14.2 Å². The fourth-order valence-electron chi connectivity index (χ4n) is 3.41. The lowest BCUT2D eigenvalue weighted by atomic mass is 10.1. The summed E-state index contributed by atoms with van der Waals surface area (Å²) in [7, 11) is 0. The number of para-hydroxylation sites is 2. The first-order chi connectivity index (χ1) is 17.7. The van der Waals surface area contributed by atoms with Crippen LogP contribution in [-0.4, -0.2) is 46.8 Å². The molecule has 2 heterocycles. The van der Waals surface area contributed by atoms with Crippen LogP contribution < -0.4 is 14.2 Å². The van der Waals surface area contributed by atoms with Crippen molar-refractivity contribution in [3.8, 4) is 17.2 Å². The third kappa shape index (κ3) is 5.64. The van der Waals surface area contributed by atoms with Crippen molar-refractivity contribution in [2.24, 2.45) is 10.1 Å². The molecule has 0 saturated heterocycles. The molecule has 0 unspecified atom stereocenters. The minimum absolute atomic E-state index is 0.0226. The van der Waals surface area contributed by atoms with Crippen LogP contribution in [0.3, 0.4) is 0 Å². The van der Waals surface area contributed by atoms with Crippen molar-refractivity contribution in [1.82, 2.24) is 5.01 Å². The normalized spacial score (nSPS) is 15.9. The van der Waals surface area contributed by atoms with Crippen LogP contribution in [0.4, 0.5) is 0 Å². The number of hydrogen-bond donors (Lipinski definition) is 1. The number of thioether (sulfide) groups is 1. The third-order valence-electron chi connectivity index (χ3n) is 5.16. The molecule has 0 spiro atoms. The molecule has 2 aliphatic rings. The van der Waals surface area contributed by atoms with Crippen LogP contribution in [0.25, 0.3) is 6.08 Å². The second kappa shape index (κ2) is 10.9. The quantitative estimate of drug-likeness (QED) is 0.335. The molecule has 0 atom stereocenters. The molecule has 180 valence electrons. The Kier molecular flexibility index (Phi) is 7.09. The van der Waals surface area contributed by atoms with E-state index in [4.69, 9.17) is 19.6 Å². The van der Waals surface area contributed by atoms with Crippen LogP contribution in [0.15, 0.2) is 101 Å². The van der Waals surface area contributed by atoms with Gasteiger partial charge in [-0.25, -0.2) is 0 Å². The van der Waals surface area contributed by atoms with Crippen LogP contribution in [0.1, 0.15) is 5.56 Å². The minimum Gasteiger partial charge on any atom is -0.490 e. The molecule has 0 bridgehead atoms. The highest BCUT2D eigenvalue weighted by Crippen LogP contribution is 2.29. The molecule has 2 aliphatic heterocycles. The predicted octanol–water partition coefficient (Wildman–Crippen LogP) is 4.84. The van der Waals surface area contributed by atoms with E-state index < -0.39 is 5.91 Å². The molecular weight excluding hydrogens is 476 g/mol. The maximum absolute atomic E-state index is 12.6. The number of fused-ring (bicyclic) bond motifs is 1. The SMILES string of the molecule is N=C1C(=Cc2ccc(OCCOc3ccccc3)cc2)C(=O)N=C2SC(COc3ccccc3)=NN12. The van der Waals surface area contributed by atoms with Gasteiger partial charge in [0, 0.05) is 0 Å². The lowest BCUT2D eigenvalue weighted by molar-refractivity contribution is -0.114. The van der Waals surface area contributed by atoms with E-state index in [1.54, 1.807) is 6.08 Å². The molecule has 8 nitrogen and oxygen atoms in total. The number of hydrazone groups is 1. The zero-order chi connectivity index (χ0) is 24.7. The Labute approximate surface area is 212 Å². The highest BCUT2D eigenvalue weighted by molar-refractivity contribution is 8.27. The van der Waals surface area contributed by atoms with Crippen LogP contribution in [-0.2, 0) is 4.79 Å². The fraction of sp³-hybridized carbons (Fsp3) is 0.111. The summed E-state index contributed by atoms with van der Waals surface area (Å²) < 4.78 is 17.1. The molecular formula is C27H22N4O4S. The van der Waals surface area contributed by atoms with Gasteiger partial charge in [0.25, 0.3) is 5.91 Å². The van der Waals surface area contributed by atoms with E-state index in [2.05, 4.69) is 10.1 Å². The van der Waals surface area contributed by atoms with Crippen LogP contribution >= 0.6 is 11.8 Å². The maximum atomic E-state index is 12.6. The second-order valence-corrected chi connectivity index (χ2v) is 8.74. The molecule has 5 rings (SSSR count). The molecule has 3 aromatic rings. The van der Waals surface area contributed by atoms with E-state index in [1.807, 2.05) is 84.9 Å². The zero-order valence-corrected chi connectivity index (χ0v) is 20.0. The second-order valence-electron chi connectivity index (χ2n) is 7.69. The molecule has 3 aromatic carbocycles. The highest BCUT2D eigenvalue weighted by atomic mass is 32.2. The van der Waals surface area contributed by atoms with Gasteiger partial charge in [-0.3, -0.25) is 10.2 Å². The van der Waals surface area contributed by atoms with Gasteiger partial charge in [-0.1, -0.05) is 48.5 Å². The molecule has 1 amide bonds. The largest absolute Gasteiger partial charge is 0.490 e. The van der Waals surface area contributed by atoms with Crippen molar-refractivity contribution in [2.45, 2.75) is 0 Å². The summed E-state index contributed by atoms with van der Waals surface area (Å²) in [4.78, 5) is 16.8. The predicted molar refractivity (Wildman–Crippen MR) is 141 cm³/mol. The number of carbonyl (C=O) groups excluding carboxylic acids is 1. The molecule has 0 radical (unpaired) electrons. The van der Waals surface area contributed by atoms with Gasteiger partial charge >= 0.3 is 0 Å². The molecule has 36 heavy (non-hydrogen) atoms. The Morgan fingerprint density at radius 1 is 0.806 bits per heavy atom. The number of nitrogens with zero attached hydrogens (tertiary/aromatic N) is 3. The summed E-state index contributed by atoms with van der Waals surface area (Å²) in [6.07, 6.45) is 1.63. The average molecular weight is 499 g/mol. The van der Waals surface area contributed by atoms with Crippen LogP contribution in [0.2, 0.25) is 0 Å². The summed E-state index contributed by atoms with van der Waals surface area (Å²) in [5.41, 5.74) is 0.913. The van der Waals surface area contributed by atoms with Crippen molar-refractivity contribution >= 4 is 39.8 Å². The van der Waals surface area contributed by atoms with Gasteiger partial charge in [-0.05, 0) is 59.8 Å². The Bertz CT molecular complexity index is 1340. The molecule has 0 saturated carbocycles. The van der Waals surface area contributed by atoms with Crippen LogP contribution in [0.5, 0.6) is 17.2 Å². The number of amides is 1. The first kappa shape index (κ1) is 23.4. The Hall–Kier alpha value is -4.37. The van der Waals surface area contributed by atoms with Crippen LogP contribution in [0, 0.1) is 5.41 Å². The van der Waals surface area contributed by atoms with Gasteiger partial charge in [-0.15, -0.1) is 0 Å². The topological polar surface area (TPSA) is 96.6 Å². The van der Waals surface area contributed by atoms with Gasteiger partial charge in [0.1, 0.15) is 42.1 Å². The Morgan fingerprint density at radius 2 is 1.39 bits per heavy atom. The van der Waals surface area contributed by atoms with Gasteiger partial charge in [0.05, 0.1) is 5.57 Å². The van der Waals surface area contributed by atoms with Gasteiger partial charge in [-0.2, -0.15) is 15.1 Å². The number of amidine groups is 2. The highest BCUT2D eigenvalue weighted by Gasteiger charge is 2.35. The number of rotatable bonds is 9. The molecule has 1 N–H and O–H groups in total. The monoisotopic (exact) mass is 498 g/mol. The number of aliphatic imine (C=N–C) groups is 1. The summed E-state index contributed by atoms with van der Waals surface area (Å²) >= 11 is 1.22. The van der Waals surface area contributed by atoms with Gasteiger partial charge in [0.15, 0.2) is 5.84 Å². The number of carbonyl (C=O) groups is 1. The third-order valence-corrected chi connectivity index (χ3v) is 6.04. The van der Waals surface area contributed by atoms with Crippen molar-refractivity contribution in [1.29, 1.82) is 5.41 Å². The molecule has 0 aromatic heterocycles. The molecule has 9 heteroatoms. The zero-order valence-electron chi connectivity index (χ0n) is 19.2. The first-order valence-electron chi connectivity index (χ1n) is 11.2. The van der Waals surface area contributed by atoms with Gasteiger partial charge in [0.2, 0.25) is 5.17 Å². The van der Waals surface area contributed by atoms with E-state index in [0.717, 1.165) is 17.1 Å². The first-order valence-corrected chi connectivity index (χ1v) is 12.0. The van der Waals surface area contributed by atoms with Crippen molar-refractivity contribution in [3.63, 3.8) is 0 Å². The maximum Gasteiger partial charge on any atom is 0.283 e. The van der Waals surface area contributed by atoms with E-state index in [9.17, 15) is 4.79 Å². The number of nitrogens with one attached hydrogen (secondary N) is 1. The van der Waals surface area contributed by atoms with E-state index in [-0.39, 0.29) is 18.0 Å². The Balaban J connectivity index is 1.18. The summed E-state index contributed by atoms with van der Waals surface area (Å²) in [5, 5.41) is 15.3. The summed E-state index contributed by atoms with van der Waals surface area (Å²) in [6.45, 7) is 1.05. The smallest absolute Gasteiger partial charge is 0.283 e. The van der Waals surface area contributed by atoms with Crippen molar-refractivity contribution in [2.75, 3.05) is 19.8 Å². The lowest BCUT2D eigenvalue weighted by Gasteiger charge is -2.20. The number of benzene rings is 3. The fourth-order valence-corrected chi connectivity index (χ4v) is 4.21. The number of ether oxygens (including phenoxy) is 3. The van der Waals surface area contributed by atoms with E-state index in [1.165, 1.54) is 16.8 Å². The lowest BCUT2D eigenvalue weighted by Crippen LogP contribution is -2.35. The molecule has 0 aliphatic carbocycles. The average Bonchev–Trinajstić information content (AvgIpc) is 3.33. The molecule has 0 fully saturated rings. The van der Waals surface area contributed by atoms with Crippen molar-refractivity contribution < 1.29 is 19.0 Å². The summed E-state index contributed by atoms with van der Waals surface area (Å²) in [6, 6.07) is 26.2. The Morgan fingerprint density at radius 3 is 2.03 bits per heavy atom. The van der Waals surface area contributed by atoms with Crippen molar-refractivity contribution in [3.05, 3.63) is 96.1 Å². The van der Waals surface area contributed by atoms with E-state index >= 15 is 0 Å². The summed E-state index contributed by atoms with van der Waals surface area (Å²) in [5.74, 6) is 1.70. The standard InChI is InChI=1S/C27H22N4O4S/c28-25-23(17-19-11-13-22(14-12-19)34-16-15-33-20-7-3-1-4-8-20)26(32)29-27-31(25)30-24(36-27)18-35-21-9-5-2-6-10-21/h1-14,17,28H,15-16,18H2. The number of hydrogen-bond acceptors (Lipinski definition) is 7. The minimum atomic E-state index is -0.474. The van der Waals surface area contributed by atoms with E-state index in [0.29, 0.717) is 29.2 Å².